The van der Waals surface area contributed by atoms with Crippen LogP contribution in [0.25, 0.3) is 0 Å². The van der Waals surface area contributed by atoms with Crippen LogP contribution in [0.2, 0.25) is 5.02 Å². The Morgan fingerprint density at radius 2 is 2.33 bits per heavy atom. The predicted molar refractivity (Wildman–Crippen MR) is 84.1 cm³/mol. The molecule has 0 aromatic carbocycles. The number of methoxy groups -OCH3 is 1. The first-order valence-corrected chi connectivity index (χ1v) is 7.70. The SMILES string of the molecule is COCCn1ncc(NCC2CCCCN2C)c(Cl)c1=O. The zero-order chi connectivity index (χ0) is 15.2. The number of aromatic nitrogens is 2. The molecule has 2 rings (SSSR count). The van der Waals surface area contributed by atoms with E-state index in [0.29, 0.717) is 24.9 Å². The summed E-state index contributed by atoms with van der Waals surface area (Å²) in [7, 11) is 3.72. The quantitative estimate of drug-likeness (QED) is 0.861. The van der Waals surface area contributed by atoms with Gasteiger partial charge in [0.05, 0.1) is 25.0 Å². The molecule has 118 valence electrons. The molecule has 6 nitrogen and oxygen atoms in total. The number of ether oxygens (including phenoxy) is 1. The van der Waals surface area contributed by atoms with E-state index in [9.17, 15) is 4.79 Å². The van der Waals surface area contributed by atoms with Crippen molar-refractivity contribution in [1.82, 2.24) is 14.7 Å². The number of likely N-dealkylation sites (N-methyl/N-ethyl adjacent to an activating group) is 1. The maximum atomic E-state index is 12.1. The van der Waals surface area contributed by atoms with Gasteiger partial charge in [-0.15, -0.1) is 0 Å². The molecule has 0 bridgehead atoms. The Morgan fingerprint density at radius 3 is 3.05 bits per heavy atom. The maximum Gasteiger partial charge on any atom is 0.287 e. The summed E-state index contributed by atoms with van der Waals surface area (Å²) in [6.45, 7) is 2.74. The van der Waals surface area contributed by atoms with Crippen LogP contribution in [-0.4, -0.2) is 54.6 Å². The number of anilines is 1. The zero-order valence-electron chi connectivity index (χ0n) is 12.6. The number of hydrogen-bond donors (Lipinski definition) is 1. The number of nitrogens with zero attached hydrogens (tertiary/aromatic N) is 3. The summed E-state index contributed by atoms with van der Waals surface area (Å²) in [5.74, 6) is 0. The lowest BCUT2D eigenvalue weighted by atomic mass is 10.0. The normalized spacial score (nSPS) is 19.7. The highest BCUT2D eigenvalue weighted by atomic mass is 35.5. The van der Waals surface area contributed by atoms with Crippen LogP contribution in [0, 0.1) is 0 Å². The molecule has 1 unspecified atom stereocenters. The van der Waals surface area contributed by atoms with Crippen LogP contribution in [0.15, 0.2) is 11.0 Å². The van der Waals surface area contributed by atoms with Gasteiger partial charge in [0.2, 0.25) is 0 Å². The number of likely N-dealkylation sites (tertiary alicyclic amines) is 1. The van der Waals surface area contributed by atoms with Gasteiger partial charge in [-0.05, 0) is 26.4 Å². The number of hydrogen-bond acceptors (Lipinski definition) is 5. The van der Waals surface area contributed by atoms with E-state index in [4.69, 9.17) is 16.3 Å². The van der Waals surface area contributed by atoms with Crippen LogP contribution in [0.4, 0.5) is 5.69 Å². The van der Waals surface area contributed by atoms with Crippen LogP contribution in [0.3, 0.4) is 0 Å². The fourth-order valence-corrected chi connectivity index (χ4v) is 2.77. The second kappa shape index (κ2) is 7.77. The van der Waals surface area contributed by atoms with Gasteiger partial charge < -0.3 is 15.0 Å². The van der Waals surface area contributed by atoms with Crippen molar-refractivity contribution < 1.29 is 4.74 Å². The molecule has 7 heteroatoms. The molecular weight excluding hydrogens is 292 g/mol. The minimum absolute atomic E-state index is 0.194. The van der Waals surface area contributed by atoms with Crippen LogP contribution in [0.1, 0.15) is 19.3 Å². The molecule has 2 heterocycles. The van der Waals surface area contributed by atoms with Gasteiger partial charge in [0.1, 0.15) is 5.02 Å². The zero-order valence-corrected chi connectivity index (χ0v) is 13.4. The van der Waals surface area contributed by atoms with Crippen molar-refractivity contribution in [2.24, 2.45) is 0 Å². The van der Waals surface area contributed by atoms with Crippen molar-refractivity contribution in [2.45, 2.75) is 31.8 Å². The summed E-state index contributed by atoms with van der Waals surface area (Å²) in [6.07, 6.45) is 5.29. The van der Waals surface area contributed by atoms with Crippen LogP contribution in [0.5, 0.6) is 0 Å². The second-order valence-corrected chi connectivity index (χ2v) is 5.78. The summed E-state index contributed by atoms with van der Waals surface area (Å²) in [5, 5.41) is 7.57. The van der Waals surface area contributed by atoms with Gasteiger partial charge in [0.25, 0.3) is 5.56 Å². The Kier molecular flexibility index (Phi) is 6.02. The number of halogens is 1. The molecule has 0 radical (unpaired) electrons. The maximum absolute atomic E-state index is 12.1. The molecule has 0 amide bonds. The Bertz CT molecular complexity index is 520. The lowest BCUT2D eigenvalue weighted by Gasteiger charge is -2.32. The lowest BCUT2D eigenvalue weighted by molar-refractivity contribution is 0.182. The molecule has 1 saturated heterocycles. The fourth-order valence-electron chi connectivity index (χ4n) is 2.56. The second-order valence-electron chi connectivity index (χ2n) is 5.40. The molecule has 1 atom stereocenters. The van der Waals surface area contributed by atoms with E-state index in [1.165, 1.54) is 23.9 Å². The van der Waals surface area contributed by atoms with Crippen molar-refractivity contribution in [3.8, 4) is 0 Å². The average molecular weight is 315 g/mol. The van der Waals surface area contributed by atoms with E-state index in [1.54, 1.807) is 13.3 Å². The minimum Gasteiger partial charge on any atom is -0.383 e. The highest BCUT2D eigenvalue weighted by molar-refractivity contribution is 6.32. The number of rotatable bonds is 6. The highest BCUT2D eigenvalue weighted by Gasteiger charge is 2.19. The van der Waals surface area contributed by atoms with Crippen molar-refractivity contribution in [2.75, 3.05) is 39.2 Å². The third-order valence-corrected chi connectivity index (χ3v) is 4.31. The van der Waals surface area contributed by atoms with E-state index in [1.807, 2.05) is 0 Å². The summed E-state index contributed by atoms with van der Waals surface area (Å²) >= 11 is 6.14. The molecule has 1 N–H and O–H groups in total. The molecular formula is C14H23ClN4O2. The van der Waals surface area contributed by atoms with Crippen molar-refractivity contribution in [1.29, 1.82) is 0 Å². The highest BCUT2D eigenvalue weighted by Crippen LogP contribution is 2.18. The standard InChI is InChI=1S/C14H23ClN4O2/c1-18-6-4-3-5-11(18)9-16-12-10-17-19(7-8-21-2)14(20)13(12)15/h10-11,16H,3-9H2,1-2H3. The van der Waals surface area contributed by atoms with Gasteiger partial charge >= 0.3 is 0 Å². The van der Waals surface area contributed by atoms with E-state index in [0.717, 1.165) is 13.1 Å². The third-order valence-electron chi connectivity index (χ3n) is 3.94. The summed E-state index contributed by atoms with van der Waals surface area (Å²) in [5.41, 5.74) is 0.324. The Balaban J connectivity index is 2.00. The van der Waals surface area contributed by atoms with E-state index >= 15 is 0 Å². The van der Waals surface area contributed by atoms with Gasteiger partial charge in [-0.3, -0.25) is 4.79 Å². The van der Waals surface area contributed by atoms with Gasteiger partial charge in [-0.2, -0.15) is 5.10 Å². The topological polar surface area (TPSA) is 59.4 Å². The molecule has 0 saturated carbocycles. The van der Waals surface area contributed by atoms with Crippen molar-refractivity contribution in [3.63, 3.8) is 0 Å². The largest absolute Gasteiger partial charge is 0.383 e. The molecule has 0 spiro atoms. The first-order chi connectivity index (χ1) is 10.1. The average Bonchev–Trinajstić information content (AvgIpc) is 2.49. The molecule has 1 aliphatic rings. The number of nitrogens with one attached hydrogen (secondary N) is 1. The van der Waals surface area contributed by atoms with Crippen LogP contribution < -0.4 is 10.9 Å². The smallest absolute Gasteiger partial charge is 0.287 e. The molecule has 1 aromatic heterocycles. The summed E-state index contributed by atoms with van der Waals surface area (Å²) in [4.78, 5) is 14.4. The van der Waals surface area contributed by atoms with Gasteiger partial charge in [0.15, 0.2) is 0 Å². The van der Waals surface area contributed by atoms with Crippen molar-refractivity contribution in [3.05, 3.63) is 21.6 Å². The van der Waals surface area contributed by atoms with Crippen LogP contribution in [-0.2, 0) is 11.3 Å². The molecule has 21 heavy (non-hydrogen) atoms. The first kappa shape index (κ1) is 16.3. The Hall–Kier alpha value is -1.11. The summed E-state index contributed by atoms with van der Waals surface area (Å²) < 4.78 is 6.27. The van der Waals surface area contributed by atoms with E-state index in [-0.39, 0.29) is 10.6 Å². The molecule has 0 aliphatic carbocycles. The fraction of sp³-hybridized carbons (Fsp3) is 0.714. The number of piperidine rings is 1. The van der Waals surface area contributed by atoms with E-state index in [2.05, 4.69) is 22.4 Å². The van der Waals surface area contributed by atoms with Gasteiger partial charge in [-0.25, -0.2) is 4.68 Å². The summed E-state index contributed by atoms with van der Waals surface area (Å²) in [6, 6.07) is 0.478. The molecule has 1 aliphatic heterocycles. The van der Waals surface area contributed by atoms with E-state index < -0.39 is 0 Å². The van der Waals surface area contributed by atoms with Gasteiger partial charge in [0, 0.05) is 19.7 Å². The van der Waals surface area contributed by atoms with Crippen molar-refractivity contribution >= 4 is 17.3 Å². The predicted octanol–water partition coefficient (Wildman–Crippen LogP) is 1.44. The first-order valence-electron chi connectivity index (χ1n) is 7.32. The third kappa shape index (κ3) is 4.18. The Morgan fingerprint density at radius 1 is 1.52 bits per heavy atom. The lowest BCUT2D eigenvalue weighted by Crippen LogP contribution is -2.41. The minimum atomic E-state index is -0.282. The van der Waals surface area contributed by atoms with Crippen LogP contribution >= 0.6 is 11.6 Å². The Labute approximate surface area is 130 Å². The molecule has 1 fully saturated rings. The van der Waals surface area contributed by atoms with Gasteiger partial charge in [-0.1, -0.05) is 18.0 Å². The monoisotopic (exact) mass is 314 g/mol. The molecule has 1 aromatic rings.